The Morgan fingerprint density at radius 3 is 2.71 bits per heavy atom. The van der Waals surface area contributed by atoms with Crippen LogP contribution in [0.2, 0.25) is 0 Å². The van der Waals surface area contributed by atoms with E-state index in [0.29, 0.717) is 43.1 Å². The zero-order valence-electron chi connectivity index (χ0n) is 21.2. The average molecular weight is 490 g/mol. The molecule has 2 rings (SSSR count). The Morgan fingerprint density at radius 1 is 1.29 bits per heavy atom. The van der Waals surface area contributed by atoms with E-state index < -0.39 is 0 Å². The monoisotopic (exact) mass is 489 g/mol. The van der Waals surface area contributed by atoms with Gasteiger partial charge in [-0.1, -0.05) is 6.07 Å². The minimum Gasteiger partial charge on any atom is -0.504 e. The highest BCUT2D eigenvalue weighted by Gasteiger charge is 2.17. The van der Waals surface area contributed by atoms with E-state index in [1.165, 1.54) is 12.0 Å². The quantitative estimate of drug-likeness (QED) is 0.108. The van der Waals surface area contributed by atoms with E-state index >= 15 is 0 Å². The lowest BCUT2D eigenvalue weighted by Crippen LogP contribution is -3.07. The summed E-state index contributed by atoms with van der Waals surface area (Å²) >= 11 is 0. The number of nitrogens with one attached hydrogen (secondary N) is 4. The number of ether oxygens (including phenoxy) is 1. The highest BCUT2D eigenvalue weighted by atomic mass is 16.5. The molecule has 10 heteroatoms. The Morgan fingerprint density at radius 2 is 2.06 bits per heavy atom. The Bertz CT molecular complexity index is 902. The molecular weight excluding hydrogens is 448 g/mol. The summed E-state index contributed by atoms with van der Waals surface area (Å²) in [7, 11) is 4.93. The van der Waals surface area contributed by atoms with Gasteiger partial charge in [0.05, 0.1) is 26.3 Å². The van der Waals surface area contributed by atoms with Crippen molar-refractivity contribution in [2.75, 3.05) is 34.4 Å². The lowest BCUT2D eigenvalue weighted by Gasteiger charge is -2.20. The number of nitrogens with zero attached hydrogens (tertiary/aromatic N) is 1. The summed E-state index contributed by atoms with van der Waals surface area (Å²) in [5, 5.41) is 19.6. The van der Waals surface area contributed by atoms with Gasteiger partial charge < -0.3 is 31.5 Å². The third-order valence-electron chi connectivity index (χ3n) is 6.07. The Hall–Kier alpha value is -3.11. The Labute approximate surface area is 208 Å². The molecule has 1 aromatic rings. The van der Waals surface area contributed by atoms with Crippen LogP contribution in [0.4, 0.5) is 0 Å². The smallest absolute Gasteiger partial charge is 0.188 e. The number of carbonyl (C=O) groups excluding carboxylic acids is 2. The van der Waals surface area contributed by atoms with E-state index in [0.717, 1.165) is 31.6 Å². The molecule has 10 nitrogen and oxygen atoms in total. The van der Waals surface area contributed by atoms with Gasteiger partial charge in [0.25, 0.3) is 0 Å². The number of hydrogen-bond donors (Lipinski definition) is 6. The number of rotatable bonds is 16. The van der Waals surface area contributed by atoms with E-state index in [1.807, 2.05) is 12.3 Å². The number of aliphatic imine (C=N–C) groups is 1. The second-order valence-corrected chi connectivity index (χ2v) is 8.84. The number of quaternary nitrogens is 1. The minimum absolute atomic E-state index is 0.0395. The van der Waals surface area contributed by atoms with E-state index in [1.54, 1.807) is 20.2 Å². The lowest BCUT2D eigenvalue weighted by atomic mass is 9.99. The van der Waals surface area contributed by atoms with Crippen LogP contribution in [0.1, 0.15) is 49.7 Å². The van der Waals surface area contributed by atoms with Crippen LogP contribution in [-0.2, 0) is 22.6 Å². The molecule has 0 amide bonds. The molecule has 0 aliphatic carbocycles. The molecular formula is C25H41N6O4+. The van der Waals surface area contributed by atoms with Gasteiger partial charge in [0.2, 0.25) is 0 Å². The number of aryl methyl sites for hydroxylation is 1. The first-order valence-electron chi connectivity index (χ1n) is 12.2. The van der Waals surface area contributed by atoms with E-state index in [2.05, 4.69) is 27.1 Å². The number of methoxy groups -OCH3 is 1. The summed E-state index contributed by atoms with van der Waals surface area (Å²) < 4.78 is 5.24. The van der Waals surface area contributed by atoms with Crippen molar-refractivity contribution in [3.05, 3.63) is 35.7 Å². The third-order valence-corrected chi connectivity index (χ3v) is 6.07. The molecule has 1 aliphatic heterocycles. The number of phenols is 1. The highest BCUT2D eigenvalue weighted by molar-refractivity contribution is 5.99. The molecule has 0 bridgehead atoms. The lowest BCUT2D eigenvalue weighted by molar-refractivity contribution is -0.843. The average Bonchev–Trinajstić information content (AvgIpc) is 3.36. The van der Waals surface area contributed by atoms with Crippen LogP contribution >= 0.6 is 0 Å². The topological polar surface area (TPSA) is 143 Å². The van der Waals surface area contributed by atoms with Crippen molar-refractivity contribution in [2.24, 2.45) is 10.7 Å². The predicted octanol–water partition coefficient (Wildman–Crippen LogP) is -0.0390. The van der Waals surface area contributed by atoms with Crippen LogP contribution in [0.25, 0.3) is 0 Å². The molecule has 35 heavy (non-hydrogen) atoms. The van der Waals surface area contributed by atoms with Crippen LogP contribution < -0.4 is 31.3 Å². The molecule has 0 radical (unpaired) electrons. The van der Waals surface area contributed by atoms with Gasteiger partial charge in [0.15, 0.2) is 24.1 Å². The number of guanidine groups is 1. The van der Waals surface area contributed by atoms with Gasteiger partial charge in [-0.15, -0.1) is 0 Å². The Kier molecular flexibility index (Phi) is 12.1. The summed E-state index contributed by atoms with van der Waals surface area (Å²) in [5.74, 6) is 0.757. The van der Waals surface area contributed by atoms with Gasteiger partial charge in [0.1, 0.15) is 17.8 Å². The first-order chi connectivity index (χ1) is 16.9. The van der Waals surface area contributed by atoms with Gasteiger partial charge in [-0.3, -0.25) is 19.5 Å². The molecule has 1 heterocycles. The number of carbonyl (C=O) groups is 2. The zero-order valence-corrected chi connectivity index (χ0v) is 21.2. The molecule has 1 aliphatic rings. The molecule has 0 saturated heterocycles. The number of Topliss-reactive ketones (excluding diaryl/α,β-unsaturated/α-hetero) is 2. The first kappa shape index (κ1) is 28.1. The van der Waals surface area contributed by atoms with Gasteiger partial charge >= 0.3 is 0 Å². The largest absolute Gasteiger partial charge is 0.504 e. The summed E-state index contributed by atoms with van der Waals surface area (Å²) in [5.41, 5.74) is 7.46. The first-order valence-corrected chi connectivity index (χ1v) is 12.2. The maximum atomic E-state index is 12.4. The zero-order chi connectivity index (χ0) is 25.6. The van der Waals surface area contributed by atoms with Crippen LogP contribution in [-0.4, -0.2) is 63.1 Å². The normalized spacial score (nSPS) is 16.1. The fourth-order valence-electron chi connectivity index (χ4n) is 4.10. The molecule has 2 atom stereocenters. The molecule has 0 spiro atoms. The number of nitrogens with two attached hydrogens (primary N) is 1. The standard InChI is InChI=1S/C25H40N6O4/c1-27-16-19-13-18(14-23(35-3)24(19)34)7-8-22(33)15-21(32)6-4-5-20(30-25(26)28-2)9-11-31-12-10-29-17-31/h10,12-14,20,27,29,34H,4-9,11,15-17H2,1-3H3,(H3,26,28,30)/p+1. The molecule has 1 aromatic carbocycles. The molecule has 0 saturated carbocycles. The van der Waals surface area contributed by atoms with Gasteiger partial charge in [-0.2, -0.15) is 0 Å². The SMILES string of the molecule is CN=C(N)NC(CCCC(=O)CC(=O)CCc1cc(CNC)c(O)c(OC)c1)CC[NH+]1C=CNC1. The summed E-state index contributed by atoms with van der Waals surface area (Å²) in [4.78, 5) is 30.1. The fraction of sp³-hybridized carbons (Fsp3) is 0.560. The fourth-order valence-corrected chi connectivity index (χ4v) is 4.10. The van der Waals surface area contributed by atoms with Crippen molar-refractivity contribution in [3.8, 4) is 11.5 Å². The van der Waals surface area contributed by atoms with Crippen LogP contribution in [0.15, 0.2) is 29.5 Å². The van der Waals surface area contributed by atoms with Crippen molar-refractivity contribution in [3.63, 3.8) is 0 Å². The number of hydrogen-bond acceptors (Lipinski definition) is 7. The summed E-state index contributed by atoms with van der Waals surface area (Å²) in [6, 6.07) is 3.72. The van der Waals surface area contributed by atoms with E-state index in [-0.39, 0.29) is 36.2 Å². The molecule has 0 fully saturated rings. The van der Waals surface area contributed by atoms with Crippen molar-refractivity contribution >= 4 is 17.5 Å². The molecule has 0 aromatic heterocycles. The van der Waals surface area contributed by atoms with Gasteiger partial charge in [0, 0.05) is 44.5 Å². The maximum Gasteiger partial charge on any atom is 0.188 e. The molecule has 194 valence electrons. The molecule has 7 N–H and O–H groups in total. The Balaban J connectivity index is 1.77. The second-order valence-electron chi connectivity index (χ2n) is 8.84. The summed E-state index contributed by atoms with van der Waals surface area (Å²) in [6.45, 7) is 2.31. The number of aromatic hydroxyl groups is 1. The highest BCUT2D eigenvalue weighted by Crippen LogP contribution is 2.32. The number of phenolic OH excluding ortho intramolecular Hbond substituents is 1. The van der Waals surface area contributed by atoms with Crippen molar-refractivity contribution < 1.29 is 24.3 Å². The van der Waals surface area contributed by atoms with E-state index in [4.69, 9.17) is 10.5 Å². The van der Waals surface area contributed by atoms with Gasteiger partial charge in [-0.25, -0.2) is 0 Å². The van der Waals surface area contributed by atoms with Crippen LogP contribution in [0, 0.1) is 0 Å². The van der Waals surface area contributed by atoms with Crippen LogP contribution in [0.3, 0.4) is 0 Å². The van der Waals surface area contributed by atoms with Crippen LogP contribution in [0.5, 0.6) is 11.5 Å². The molecule has 2 unspecified atom stereocenters. The van der Waals surface area contributed by atoms with E-state index in [9.17, 15) is 14.7 Å². The third kappa shape index (κ3) is 9.96. The van der Waals surface area contributed by atoms with Gasteiger partial charge in [-0.05, 0) is 37.9 Å². The number of benzene rings is 1. The van der Waals surface area contributed by atoms with Crippen molar-refractivity contribution in [2.45, 2.75) is 57.5 Å². The summed E-state index contributed by atoms with van der Waals surface area (Å²) in [6.07, 6.45) is 7.49. The minimum atomic E-state index is -0.0776. The van der Waals surface area contributed by atoms with Crippen molar-refractivity contribution in [1.29, 1.82) is 0 Å². The number of ketones is 2. The maximum absolute atomic E-state index is 12.4. The van der Waals surface area contributed by atoms with Crippen molar-refractivity contribution in [1.82, 2.24) is 16.0 Å². The predicted molar refractivity (Wildman–Crippen MR) is 136 cm³/mol. The second kappa shape index (κ2) is 15.0.